The second-order valence-electron chi connectivity index (χ2n) is 6.55. The van der Waals surface area contributed by atoms with Crippen LogP contribution in [0.1, 0.15) is 44.3 Å². The van der Waals surface area contributed by atoms with E-state index >= 15 is 0 Å². The third-order valence-electron chi connectivity index (χ3n) is 4.23. The van der Waals surface area contributed by atoms with Gasteiger partial charge in [0, 0.05) is 31.1 Å². The zero-order valence-corrected chi connectivity index (χ0v) is 14.4. The number of hydrogen-bond acceptors (Lipinski definition) is 7. The zero-order chi connectivity index (χ0) is 17.8. The van der Waals surface area contributed by atoms with Gasteiger partial charge in [0.15, 0.2) is 5.82 Å². The lowest BCUT2D eigenvalue weighted by Crippen LogP contribution is -2.38. The molecule has 0 spiro atoms. The Labute approximate surface area is 145 Å². The number of non-ortho nitro benzene ring substituents is 1. The lowest BCUT2D eigenvalue weighted by molar-refractivity contribution is -0.384. The molecular weight excluding hydrogens is 324 g/mol. The summed E-state index contributed by atoms with van der Waals surface area (Å²) in [6, 6.07) is 6.23. The maximum Gasteiger partial charge on any atom is 0.269 e. The molecule has 0 atom stereocenters. The van der Waals surface area contributed by atoms with Gasteiger partial charge in [-0.15, -0.1) is 0 Å². The van der Waals surface area contributed by atoms with Gasteiger partial charge in [0.05, 0.1) is 11.5 Å². The number of aromatic nitrogens is 2. The first kappa shape index (κ1) is 17.3. The van der Waals surface area contributed by atoms with Crippen molar-refractivity contribution in [1.82, 2.24) is 15.0 Å². The molecule has 1 aromatic heterocycles. The number of benzene rings is 1. The number of hydrogen-bond donors (Lipinski definition) is 0. The Bertz CT molecular complexity index is 706. The fraction of sp³-hybridized carbons (Fsp3) is 0.529. The van der Waals surface area contributed by atoms with Crippen molar-refractivity contribution in [2.75, 3.05) is 13.1 Å². The summed E-state index contributed by atoms with van der Waals surface area (Å²) in [7, 11) is 0. The topological polar surface area (TPSA) is 94.5 Å². The molecule has 3 rings (SSSR count). The largest absolute Gasteiger partial charge is 0.490 e. The highest BCUT2D eigenvalue weighted by Gasteiger charge is 2.22. The molecule has 1 saturated heterocycles. The van der Waals surface area contributed by atoms with Crippen molar-refractivity contribution in [2.24, 2.45) is 0 Å². The minimum Gasteiger partial charge on any atom is -0.490 e. The van der Waals surface area contributed by atoms with Crippen molar-refractivity contribution in [3.05, 3.63) is 46.1 Å². The highest BCUT2D eigenvalue weighted by molar-refractivity contribution is 5.36. The molecule has 1 aliphatic rings. The zero-order valence-electron chi connectivity index (χ0n) is 14.4. The van der Waals surface area contributed by atoms with Crippen molar-refractivity contribution in [3.8, 4) is 5.75 Å². The number of ether oxygens (including phenoxy) is 1. The molecule has 0 saturated carbocycles. The van der Waals surface area contributed by atoms with Crippen LogP contribution < -0.4 is 4.74 Å². The van der Waals surface area contributed by atoms with Crippen LogP contribution in [0.15, 0.2) is 28.8 Å². The fourth-order valence-electron chi connectivity index (χ4n) is 2.79. The summed E-state index contributed by atoms with van der Waals surface area (Å²) in [5, 5.41) is 14.7. The lowest BCUT2D eigenvalue weighted by atomic mass is 10.1. The molecule has 0 radical (unpaired) electrons. The number of nitrogens with zero attached hydrogens (tertiary/aromatic N) is 4. The van der Waals surface area contributed by atoms with Gasteiger partial charge in [0.25, 0.3) is 5.69 Å². The summed E-state index contributed by atoms with van der Waals surface area (Å²) in [6.07, 6.45) is 1.91. The monoisotopic (exact) mass is 346 g/mol. The van der Waals surface area contributed by atoms with Crippen molar-refractivity contribution >= 4 is 5.69 Å². The third kappa shape index (κ3) is 4.54. The van der Waals surface area contributed by atoms with Crippen LogP contribution in [-0.2, 0) is 6.54 Å². The summed E-state index contributed by atoms with van der Waals surface area (Å²) in [5.41, 5.74) is 0.0723. The predicted octanol–water partition coefficient (Wildman–Crippen LogP) is 3.14. The van der Waals surface area contributed by atoms with Crippen LogP contribution >= 0.6 is 0 Å². The van der Waals surface area contributed by atoms with Gasteiger partial charge >= 0.3 is 0 Å². The summed E-state index contributed by atoms with van der Waals surface area (Å²) in [5.74, 6) is 2.30. The Morgan fingerprint density at radius 1 is 1.32 bits per heavy atom. The van der Waals surface area contributed by atoms with Crippen molar-refractivity contribution in [2.45, 2.75) is 45.3 Å². The van der Waals surface area contributed by atoms with E-state index in [-0.39, 0.29) is 17.7 Å². The number of nitro benzene ring substituents is 1. The lowest BCUT2D eigenvalue weighted by Gasteiger charge is -2.31. The summed E-state index contributed by atoms with van der Waals surface area (Å²) < 4.78 is 11.2. The second-order valence-corrected chi connectivity index (χ2v) is 6.55. The first-order valence-corrected chi connectivity index (χ1v) is 8.47. The fourth-order valence-corrected chi connectivity index (χ4v) is 2.79. The van der Waals surface area contributed by atoms with Gasteiger partial charge in [-0.1, -0.05) is 19.0 Å². The van der Waals surface area contributed by atoms with E-state index in [2.05, 4.69) is 15.0 Å². The first-order valence-electron chi connectivity index (χ1n) is 8.47. The van der Waals surface area contributed by atoms with E-state index in [1.165, 1.54) is 12.1 Å². The van der Waals surface area contributed by atoms with Crippen molar-refractivity contribution < 1.29 is 14.2 Å². The van der Waals surface area contributed by atoms with Gasteiger partial charge in [-0.25, -0.2) is 0 Å². The minimum atomic E-state index is -0.412. The number of rotatable bonds is 6. The Kier molecular flexibility index (Phi) is 5.28. The van der Waals surface area contributed by atoms with E-state index in [9.17, 15) is 10.1 Å². The molecule has 8 heteroatoms. The van der Waals surface area contributed by atoms with Crippen LogP contribution in [0.4, 0.5) is 5.69 Å². The standard InChI is InChI=1S/C17H22N4O4/c1-12(2)17-18-16(19-25-17)11-20-9-7-15(8-10-20)24-14-5-3-13(4-6-14)21(22)23/h3-6,12,15H,7-11H2,1-2H3. The van der Waals surface area contributed by atoms with Crippen LogP contribution in [0.2, 0.25) is 0 Å². The number of piperidine rings is 1. The molecular formula is C17H22N4O4. The molecule has 25 heavy (non-hydrogen) atoms. The molecule has 134 valence electrons. The summed E-state index contributed by atoms with van der Waals surface area (Å²) >= 11 is 0. The van der Waals surface area contributed by atoms with E-state index in [1.807, 2.05) is 13.8 Å². The molecule has 1 aliphatic heterocycles. The van der Waals surface area contributed by atoms with Crippen molar-refractivity contribution in [3.63, 3.8) is 0 Å². The van der Waals surface area contributed by atoms with Gasteiger partial charge in [0.1, 0.15) is 11.9 Å². The van der Waals surface area contributed by atoms with E-state index in [0.717, 1.165) is 31.8 Å². The molecule has 0 aliphatic carbocycles. The third-order valence-corrected chi connectivity index (χ3v) is 4.23. The highest BCUT2D eigenvalue weighted by Crippen LogP contribution is 2.22. The SMILES string of the molecule is CC(C)c1nc(CN2CCC(Oc3ccc([N+](=O)[O-])cc3)CC2)no1. The normalized spacial score (nSPS) is 16.3. The number of nitro groups is 1. The maximum absolute atomic E-state index is 10.7. The van der Waals surface area contributed by atoms with Crippen LogP contribution in [0.5, 0.6) is 5.75 Å². The van der Waals surface area contributed by atoms with E-state index in [4.69, 9.17) is 9.26 Å². The van der Waals surface area contributed by atoms with Crippen LogP contribution in [-0.4, -0.2) is 39.2 Å². The molecule has 1 aromatic carbocycles. The summed E-state index contributed by atoms with van der Waals surface area (Å²) in [6.45, 7) is 6.52. The Morgan fingerprint density at radius 3 is 2.56 bits per heavy atom. The van der Waals surface area contributed by atoms with Gasteiger partial charge in [-0.2, -0.15) is 4.98 Å². The average molecular weight is 346 g/mol. The smallest absolute Gasteiger partial charge is 0.269 e. The predicted molar refractivity (Wildman–Crippen MR) is 90.4 cm³/mol. The quantitative estimate of drug-likeness (QED) is 0.585. The average Bonchev–Trinajstić information content (AvgIpc) is 3.06. The van der Waals surface area contributed by atoms with Gasteiger partial charge in [0.2, 0.25) is 5.89 Å². The summed E-state index contributed by atoms with van der Waals surface area (Å²) in [4.78, 5) is 16.9. The molecule has 2 heterocycles. The number of likely N-dealkylation sites (tertiary alicyclic amines) is 1. The van der Waals surface area contributed by atoms with Gasteiger partial charge in [-0.3, -0.25) is 15.0 Å². The van der Waals surface area contributed by atoms with Crippen molar-refractivity contribution in [1.29, 1.82) is 0 Å². The molecule has 1 fully saturated rings. The molecule has 2 aromatic rings. The molecule has 0 amide bonds. The maximum atomic E-state index is 10.7. The Hall–Kier alpha value is -2.48. The molecule has 8 nitrogen and oxygen atoms in total. The van der Waals surface area contributed by atoms with Crippen LogP contribution in [0, 0.1) is 10.1 Å². The van der Waals surface area contributed by atoms with E-state index in [0.29, 0.717) is 18.2 Å². The highest BCUT2D eigenvalue weighted by atomic mass is 16.6. The Morgan fingerprint density at radius 2 is 2.00 bits per heavy atom. The minimum absolute atomic E-state index is 0.0723. The first-order chi connectivity index (χ1) is 12.0. The molecule has 0 unspecified atom stereocenters. The second kappa shape index (κ2) is 7.60. The van der Waals surface area contributed by atoms with Gasteiger partial charge in [-0.05, 0) is 25.0 Å². The van der Waals surface area contributed by atoms with E-state index < -0.39 is 4.92 Å². The van der Waals surface area contributed by atoms with Crippen LogP contribution in [0.25, 0.3) is 0 Å². The van der Waals surface area contributed by atoms with E-state index in [1.54, 1.807) is 12.1 Å². The van der Waals surface area contributed by atoms with Crippen LogP contribution in [0.3, 0.4) is 0 Å². The Balaban J connectivity index is 1.47. The molecule has 0 bridgehead atoms. The van der Waals surface area contributed by atoms with Gasteiger partial charge < -0.3 is 9.26 Å². The molecule has 0 N–H and O–H groups in total.